The summed E-state index contributed by atoms with van der Waals surface area (Å²) in [6.07, 6.45) is 9.66. The molecule has 8 nitrogen and oxygen atoms in total. The number of allylic oxidation sites excluding steroid dienone is 1. The van der Waals surface area contributed by atoms with Gasteiger partial charge < -0.3 is 14.2 Å². The van der Waals surface area contributed by atoms with Gasteiger partial charge in [0.1, 0.15) is 23.5 Å². The van der Waals surface area contributed by atoms with Crippen LogP contribution in [0.3, 0.4) is 0 Å². The van der Waals surface area contributed by atoms with E-state index in [2.05, 4.69) is 6.58 Å². The lowest BCUT2D eigenvalue weighted by atomic mass is 9.69. The fourth-order valence-electron chi connectivity index (χ4n) is 5.94. The van der Waals surface area contributed by atoms with Crippen molar-refractivity contribution in [3.8, 4) is 17.9 Å². The minimum absolute atomic E-state index is 0.0498. The van der Waals surface area contributed by atoms with Crippen LogP contribution in [-0.2, 0) is 23.9 Å². The highest BCUT2D eigenvalue weighted by Gasteiger charge is 2.36. The van der Waals surface area contributed by atoms with Crippen LogP contribution < -0.4 is 4.74 Å². The number of ether oxygens (including phenoxy) is 3. The molecule has 3 aliphatic rings. The summed E-state index contributed by atoms with van der Waals surface area (Å²) in [7, 11) is 0. The molecule has 1 aliphatic heterocycles. The summed E-state index contributed by atoms with van der Waals surface area (Å²) >= 11 is 2.70. The monoisotopic (exact) mass is 608 g/mol. The van der Waals surface area contributed by atoms with Crippen molar-refractivity contribution in [3.63, 3.8) is 0 Å². The summed E-state index contributed by atoms with van der Waals surface area (Å²) < 4.78 is 16.9. The quantitative estimate of drug-likeness (QED) is 0.0899. The number of hydrogen-bond acceptors (Lipinski definition) is 10. The number of benzene rings is 1. The molecule has 0 saturated heterocycles. The van der Waals surface area contributed by atoms with Crippen LogP contribution in [0.1, 0.15) is 69.8 Å². The Morgan fingerprint density at radius 2 is 1.40 bits per heavy atom. The van der Waals surface area contributed by atoms with E-state index in [1.165, 1.54) is 23.5 Å². The smallest absolute Gasteiger partial charge is 0.330 e. The predicted octanol–water partition coefficient (Wildman–Crippen LogP) is 7.02. The topological polar surface area (TPSA) is 126 Å². The molecule has 2 saturated carbocycles. The number of hydrogen-bond donors (Lipinski definition) is 0. The van der Waals surface area contributed by atoms with Crippen LogP contribution in [0.25, 0.3) is 0 Å². The highest BCUT2D eigenvalue weighted by atomic mass is 32.2. The Balaban J connectivity index is 1.19. The molecule has 0 radical (unpaired) electrons. The Hall–Kier alpha value is -3.21. The predicted molar refractivity (Wildman–Crippen MR) is 159 cm³/mol. The lowest BCUT2D eigenvalue weighted by molar-refractivity contribution is -0.151. The van der Waals surface area contributed by atoms with Crippen LogP contribution >= 0.6 is 23.5 Å². The van der Waals surface area contributed by atoms with Gasteiger partial charge in [-0.3, -0.25) is 9.59 Å². The van der Waals surface area contributed by atoms with Crippen molar-refractivity contribution < 1.29 is 28.6 Å². The molecule has 1 aromatic carbocycles. The van der Waals surface area contributed by atoms with Gasteiger partial charge in [-0.05, 0) is 94.6 Å². The van der Waals surface area contributed by atoms with E-state index in [-0.39, 0.29) is 29.3 Å². The molecule has 0 atom stereocenters. The number of aryl methyl sites for hydroxylation is 1. The largest absolute Gasteiger partial charge is 0.465 e. The Morgan fingerprint density at radius 3 is 1.98 bits per heavy atom. The van der Waals surface area contributed by atoms with Crippen LogP contribution in [0.5, 0.6) is 5.75 Å². The van der Waals surface area contributed by atoms with Gasteiger partial charge in [-0.25, -0.2) is 4.79 Å². The molecule has 42 heavy (non-hydrogen) atoms. The summed E-state index contributed by atoms with van der Waals surface area (Å²) in [5, 5.41) is 18.5. The normalized spacial score (nSPS) is 23.1. The molecule has 10 heteroatoms. The third kappa shape index (κ3) is 7.99. The van der Waals surface area contributed by atoms with Gasteiger partial charge in [0.15, 0.2) is 0 Å². The second-order valence-electron chi connectivity index (χ2n) is 11.0. The van der Waals surface area contributed by atoms with Gasteiger partial charge in [0, 0.05) is 11.0 Å². The lowest BCUT2D eigenvalue weighted by Crippen LogP contribution is -2.31. The number of thioether (sulfide) groups is 2. The highest BCUT2D eigenvalue weighted by Crippen LogP contribution is 2.57. The molecule has 4 rings (SSSR count). The zero-order chi connectivity index (χ0) is 30.1. The minimum atomic E-state index is -0.442. The van der Waals surface area contributed by atoms with Gasteiger partial charge in [0.05, 0.1) is 34.2 Å². The van der Waals surface area contributed by atoms with Gasteiger partial charge in [0.2, 0.25) is 0 Å². The van der Waals surface area contributed by atoms with Gasteiger partial charge in [-0.2, -0.15) is 10.5 Å². The second-order valence-corrected chi connectivity index (χ2v) is 13.3. The number of carbonyl (C=O) groups is 3. The van der Waals surface area contributed by atoms with Gasteiger partial charge in [0.25, 0.3) is 0 Å². The fraction of sp³-hybridized carbons (Fsp3) is 0.531. The standard InChI is InChI=1S/C32H36N2O6S2/c1-3-27(35)38-16-4-5-17-39-30(36)23-11-7-21(8-12-23)22-9-13-24(14-10-22)31(37)40-26-15-6-20(2)28-29(26)42-32(41-28)25(18-33)19-34/h3,6,15,21-24H,1,4-5,7-14,16-17H2,2H3. The molecule has 0 spiro atoms. The fourth-order valence-corrected chi connectivity index (χ4v) is 8.50. The van der Waals surface area contributed by atoms with Crippen LogP contribution in [0, 0.1) is 53.3 Å². The van der Waals surface area contributed by atoms with Crippen LogP contribution in [0.4, 0.5) is 0 Å². The number of carbonyl (C=O) groups excluding carboxylic acids is 3. The van der Waals surface area contributed by atoms with Gasteiger partial charge in [-0.1, -0.05) is 36.2 Å². The highest BCUT2D eigenvalue weighted by molar-refractivity contribution is 8.24. The van der Waals surface area contributed by atoms with Crippen molar-refractivity contribution in [1.82, 2.24) is 0 Å². The van der Waals surface area contributed by atoms with Gasteiger partial charge >= 0.3 is 17.9 Å². The zero-order valence-corrected chi connectivity index (χ0v) is 25.5. The molecule has 2 aliphatic carbocycles. The molecule has 0 bridgehead atoms. The molecular formula is C32H36N2O6S2. The Labute approximate surface area is 255 Å². The molecule has 2 fully saturated rings. The van der Waals surface area contributed by atoms with Crippen molar-refractivity contribution in [3.05, 3.63) is 40.2 Å². The molecule has 1 aromatic rings. The summed E-state index contributed by atoms with van der Waals surface area (Å²) in [4.78, 5) is 38.4. The lowest BCUT2D eigenvalue weighted by Gasteiger charge is -2.36. The summed E-state index contributed by atoms with van der Waals surface area (Å²) in [5.41, 5.74) is 1.09. The molecular weight excluding hydrogens is 572 g/mol. The summed E-state index contributed by atoms with van der Waals surface area (Å²) in [6, 6.07) is 7.61. The SMILES string of the molecule is C=CC(=O)OCCCCOC(=O)C1CCC(C2CCC(C(=O)Oc3ccc(C)c4c3SC(=C(C#N)C#N)S4)CC2)CC1. The summed E-state index contributed by atoms with van der Waals surface area (Å²) in [5.74, 6) is 0.643. The Kier molecular flexibility index (Phi) is 11.6. The van der Waals surface area contributed by atoms with Crippen molar-refractivity contribution in [2.75, 3.05) is 13.2 Å². The van der Waals surface area contributed by atoms with Crippen molar-refractivity contribution in [2.45, 2.75) is 80.9 Å². The molecule has 222 valence electrons. The first kappa shape index (κ1) is 31.7. The van der Waals surface area contributed by atoms with E-state index in [4.69, 9.17) is 14.2 Å². The van der Waals surface area contributed by atoms with E-state index in [9.17, 15) is 24.9 Å². The number of nitrogens with zero attached hydrogens (tertiary/aromatic N) is 2. The molecule has 0 N–H and O–H groups in total. The zero-order valence-electron chi connectivity index (χ0n) is 23.9. The third-order valence-electron chi connectivity index (χ3n) is 8.37. The van der Waals surface area contributed by atoms with E-state index in [0.29, 0.717) is 47.9 Å². The average Bonchev–Trinajstić information content (AvgIpc) is 3.47. The maximum absolute atomic E-state index is 13.1. The van der Waals surface area contributed by atoms with E-state index >= 15 is 0 Å². The van der Waals surface area contributed by atoms with E-state index in [0.717, 1.165) is 72.8 Å². The maximum atomic E-state index is 13.1. The number of fused-ring (bicyclic) bond motifs is 1. The third-order valence-corrected chi connectivity index (χ3v) is 11.1. The van der Waals surface area contributed by atoms with Crippen molar-refractivity contribution >= 4 is 41.4 Å². The van der Waals surface area contributed by atoms with Crippen molar-refractivity contribution in [2.24, 2.45) is 23.7 Å². The number of esters is 3. The number of unbranched alkanes of at least 4 members (excludes halogenated alkanes) is 1. The summed E-state index contributed by atoms with van der Waals surface area (Å²) in [6.45, 7) is 5.95. The number of nitriles is 2. The Bertz CT molecular complexity index is 1300. The first-order valence-corrected chi connectivity index (χ1v) is 16.2. The molecule has 0 unspecified atom stereocenters. The minimum Gasteiger partial charge on any atom is -0.465 e. The first-order valence-electron chi connectivity index (χ1n) is 14.6. The van der Waals surface area contributed by atoms with Gasteiger partial charge in [-0.15, -0.1) is 0 Å². The maximum Gasteiger partial charge on any atom is 0.330 e. The van der Waals surface area contributed by atoms with Crippen molar-refractivity contribution in [1.29, 1.82) is 10.5 Å². The Morgan fingerprint density at radius 1 is 0.857 bits per heavy atom. The van der Waals surface area contributed by atoms with Crippen LogP contribution in [-0.4, -0.2) is 31.1 Å². The van der Waals surface area contributed by atoms with E-state index < -0.39 is 5.97 Å². The van der Waals surface area contributed by atoms with E-state index in [1.807, 2.05) is 25.1 Å². The first-order chi connectivity index (χ1) is 20.3. The second kappa shape index (κ2) is 15.3. The van der Waals surface area contributed by atoms with Crippen LogP contribution in [0.2, 0.25) is 0 Å². The average molecular weight is 609 g/mol. The van der Waals surface area contributed by atoms with Crippen LogP contribution in [0.15, 0.2) is 44.4 Å². The molecule has 0 aromatic heterocycles. The van der Waals surface area contributed by atoms with E-state index in [1.54, 1.807) is 6.07 Å². The molecule has 1 heterocycles. The number of rotatable bonds is 10. The molecule has 0 amide bonds.